The molecule has 4 aromatic rings. The highest BCUT2D eigenvalue weighted by molar-refractivity contribution is 7.13. The zero-order valence-electron chi connectivity index (χ0n) is 14.7. The van der Waals surface area contributed by atoms with Gasteiger partial charge in [0.15, 0.2) is 10.8 Å². The average Bonchev–Trinajstić information content (AvgIpc) is 3.33. The number of hydrogen-bond acceptors (Lipinski definition) is 5. The van der Waals surface area contributed by atoms with E-state index in [-0.39, 0.29) is 5.91 Å². The van der Waals surface area contributed by atoms with Crippen molar-refractivity contribution in [1.29, 1.82) is 0 Å². The Bertz CT molecular complexity index is 1130. The Labute approximate surface area is 159 Å². The van der Waals surface area contributed by atoms with Gasteiger partial charge in [-0.05, 0) is 38.0 Å². The van der Waals surface area contributed by atoms with Crippen LogP contribution in [0.4, 0.5) is 5.13 Å². The van der Waals surface area contributed by atoms with Crippen LogP contribution < -0.4 is 5.32 Å². The highest BCUT2D eigenvalue weighted by atomic mass is 32.1. The molecule has 7 heteroatoms. The lowest BCUT2D eigenvalue weighted by Crippen LogP contribution is -2.13. The van der Waals surface area contributed by atoms with Crippen LogP contribution in [0.5, 0.6) is 0 Å². The molecule has 6 nitrogen and oxygen atoms in total. The minimum atomic E-state index is -0.171. The molecular weight excluding hydrogens is 358 g/mol. The molecule has 27 heavy (non-hydrogen) atoms. The fraction of sp³-hybridized carbons (Fsp3) is 0.200. The molecule has 1 aliphatic rings. The molecule has 3 heterocycles. The number of hydrogen-bond donors (Lipinski definition) is 1. The van der Waals surface area contributed by atoms with Gasteiger partial charge >= 0.3 is 0 Å². The Morgan fingerprint density at radius 1 is 1.26 bits per heavy atom. The molecule has 5 rings (SSSR count). The summed E-state index contributed by atoms with van der Waals surface area (Å²) in [5.41, 5.74) is 4.02. The first kappa shape index (κ1) is 16.1. The van der Waals surface area contributed by atoms with Gasteiger partial charge in [0.2, 0.25) is 0 Å². The summed E-state index contributed by atoms with van der Waals surface area (Å²) in [6.45, 7) is 1.92. The number of aromatic nitrogens is 4. The maximum Gasteiger partial charge on any atom is 0.258 e. The first-order valence-electron chi connectivity index (χ1n) is 8.87. The fourth-order valence-electron chi connectivity index (χ4n) is 3.27. The fourth-order valence-corrected chi connectivity index (χ4v) is 3.80. The summed E-state index contributed by atoms with van der Waals surface area (Å²) in [4.78, 5) is 22.0. The number of anilines is 1. The van der Waals surface area contributed by atoms with Gasteiger partial charge in [-0.2, -0.15) is 5.10 Å². The van der Waals surface area contributed by atoms with Gasteiger partial charge < -0.3 is 0 Å². The van der Waals surface area contributed by atoms with E-state index in [0.29, 0.717) is 16.6 Å². The minimum Gasteiger partial charge on any atom is -0.298 e. The summed E-state index contributed by atoms with van der Waals surface area (Å²) >= 11 is 1.40. The van der Waals surface area contributed by atoms with E-state index in [2.05, 4.69) is 15.4 Å². The first-order valence-corrected chi connectivity index (χ1v) is 9.75. The number of pyridine rings is 1. The molecule has 1 fully saturated rings. The van der Waals surface area contributed by atoms with Gasteiger partial charge in [0, 0.05) is 23.2 Å². The van der Waals surface area contributed by atoms with E-state index in [1.54, 1.807) is 6.20 Å². The molecule has 0 radical (unpaired) electrons. The smallest absolute Gasteiger partial charge is 0.258 e. The number of nitrogens with zero attached hydrogens (tertiary/aromatic N) is 4. The number of thiazole rings is 1. The van der Waals surface area contributed by atoms with Crippen molar-refractivity contribution in [3.8, 4) is 5.69 Å². The number of carbonyl (C=O) groups excluding carboxylic acids is 1. The molecule has 0 unspecified atom stereocenters. The third-order valence-electron chi connectivity index (χ3n) is 4.73. The molecule has 1 aliphatic carbocycles. The number of amides is 1. The van der Waals surface area contributed by atoms with E-state index < -0.39 is 0 Å². The lowest BCUT2D eigenvalue weighted by molar-refractivity contribution is 0.102. The summed E-state index contributed by atoms with van der Waals surface area (Å²) in [6, 6.07) is 11.8. The number of para-hydroxylation sites is 1. The number of rotatable bonds is 4. The number of nitrogens with one attached hydrogen (secondary N) is 1. The number of benzene rings is 1. The van der Waals surface area contributed by atoms with Crippen LogP contribution in [0.2, 0.25) is 0 Å². The predicted octanol–water partition coefficient (Wildman–Crippen LogP) is 4.32. The van der Waals surface area contributed by atoms with Crippen LogP contribution in [0.25, 0.3) is 16.7 Å². The lowest BCUT2D eigenvalue weighted by Gasteiger charge is -2.08. The average molecular weight is 375 g/mol. The van der Waals surface area contributed by atoms with E-state index in [0.717, 1.165) is 41.0 Å². The zero-order chi connectivity index (χ0) is 18.4. The summed E-state index contributed by atoms with van der Waals surface area (Å²) in [6.07, 6.45) is 3.91. The van der Waals surface area contributed by atoms with Gasteiger partial charge in [0.05, 0.1) is 22.3 Å². The highest BCUT2D eigenvalue weighted by Crippen LogP contribution is 2.40. The third-order valence-corrected chi connectivity index (χ3v) is 5.41. The second kappa shape index (κ2) is 6.28. The molecule has 134 valence electrons. The van der Waals surface area contributed by atoms with Crippen LogP contribution in [-0.4, -0.2) is 25.7 Å². The minimum absolute atomic E-state index is 0.171. The largest absolute Gasteiger partial charge is 0.298 e. The summed E-state index contributed by atoms with van der Waals surface area (Å²) in [5.74, 6) is 0.259. The molecule has 1 N–H and O–H groups in total. The quantitative estimate of drug-likeness (QED) is 0.577. The van der Waals surface area contributed by atoms with Crippen LogP contribution in [-0.2, 0) is 0 Å². The second-order valence-electron chi connectivity index (χ2n) is 6.69. The maximum atomic E-state index is 13.0. The van der Waals surface area contributed by atoms with Crippen molar-refractivity contribution in [1.82, 2.24) is 19.7 Å². The van der Waals surface area contributed by atoms with E-state index in [4.69, 9.17) is 4.98 Å². The Hall–Kier alpha value is -3.06. The standard InChI is InChI=1S/C20H17N5OS/c1-12-17-15(19(26)23-20-21-9-10-27-20)11-16(13-7-8-13)22-18(17)25(24-12)14-5-3-2-4-6-14/h2-6,9-11,13H,7-8H2,1H3,(H,21,23,26). The molecule has 1 saturated carbocycles. The third kappa shape index (κ3) is 2.90. The van der Waals surface area contributed by atoms with E-state index in [9.17, 15) is 4.79 Å². The van der Waals surface area contributed by atoms with Gasteiger partial charge in [0.1, 0.15) is 0 Å². The Morgan fingerprint density at radius 2 is 2.07 bits per heavy atom. The number of carbonyl (C=O) groups is 1. The molecule has 0 bridgehead atoms. The van der Waals surface area contributed by atoms with Crippen molar-refractivity contribution in [2.24, 2.45) is 0 Å². The highest BCUT2D eigenvalue weighted by Gasteiger charge is 2.29. The lowest BCUT2D eigenvalue weighted by atomic mass is 10.1. The zero-order valence-corrected chi connectivity index (χ0v) is 15.5. The topological polar surface area (TPSA) is 72.7 Å². The van der Waals surface area contributed by atoms with Crippen LogP contribution in [0.3, 0.4) is 0 Å². The van der Waals surface area contributed by atoms with Crippen LogP contribution in [0, 0.1) is 6.92 Å². The molecule has 3 aromatic heterocycles. The van der Waals surface area contributed by atoms with Gasteiger partial charge in [0.25, 0.3) is 5.91 Å². The Balaban J connectivity index is 1.70. The summed E-state index contributed by atoms with van der Waals surface area (Å²) in [7, 11) is 0. The molecular formula is C20H17N5OS. The molecule has 0 spiro atoms. The molecule has 0 atom stereocenters. The van der Waals surface area contributed by atoms with E-state index in [1.807, 2.05) is 53.4 Å². The SMILES string of the molecule is Cc1nn(-c2ccccc2)c2nc(C3CC3)cc(C(=O)Nc3nccs3)c12. The molecule has 0 saturated heterocycles. The predicted molar refractivity (Wildman–Crippen MR) is 106 cm³/mol. The van der Waals surface area contributed by atoms with Gasteiger partial charge in [-0.15, -0.1) is 11.3 Å². The van der Waals surface area contributed by atoms with Crippen LogP contribution in [0.15, 0.2) is 48.0 Å². The summed E-state index contributed by atoms with van der Waals surface area (Å²) in [5, 5.41) is 10.8. The van der Waals surface area contributed by atoms with Crippen molar-refractivity contribution in [2.45, 2.75) is 25.7 Å². The van der Waals surface area contributed by atoms with E-state index in [1.165, 1.54) is 11.3 Å². The first-order chi connectivity index (χ1) is 13.2. The second-order valence-corrected chi connectivity index (χ2v) is 7.59. The summed E-state index contributed by atoms with van der Waals surface area (Å²) < 4.78 is 1.83. The van der Waals surface area contributed by atoms with Crippen molar-refractivity contribution >= 4 is 33.4 Å². The molecule has 1 amide bonds. The van der Waals surface area contributed by atoms with Crippen molar-refractivity contribution in [3.63, 3.8) is 0 Å². The monoisotopic (exact) mass is 375 g/mol. The van der Waals surface area contributed by atoms with Crippen molar-refractivity contribution in [3.05, 3.63) is 64.9 Å². The van der Waals surface area contributed by atoms with Crippen molar-refractivity contribution in [2.75, 3.05) is 5.32 Å². The van der Waals surface area contributed by atoms with Gasteiger partial charge in [-0.1, -0.05) is 18.2 Å². The Kier molecular flexibility index (Phi) is 3.75. The Morgan fingerprint density at radius 3 is 2.78 bits per heavy atom. The number of aryl methyl sites for hydroxylation is 1. The molecule has 0 aliphatic heterocycles. The maximum absolute atomic E-state index is 13.0. The number of fused-ring (bicyclic) bond motifs is 1. The van der Waals surface area contributed by atoms with Crippen molar-refractivity contribution < 1.29 is 4.79 Å². The van der Waals surface area contributed by atoms with E-state index >= 15 is 0 Å². The van der Waals surface area contributed by atoms with Gasteiger partial charge in [-0.25, -0.2) is 14.6 Å². The van der Waals surface area contributed by atoms with Crippen LogP contribution >= 0.6 is 11.3 Å². The van der Waals surface area contributed by atoms with Gasteiger partial charge in [-0.3, -0.25) is 10.1 Å². The van der Waals surface area contributed by atoms with Crippen LogP contribution in [0.1, 0.15) is 40.5 Å². The molecule has 1 aromatic carbocycles. The normalized spacial score (nSPS) is 13.8.